The first-order valence-corrected chi connectivity index (χ1v) is 7.21. The third-order valence-electron chi connectivity index (χ3n) is 3.52. The van der Waals surface area contributed by atoms with Crippen LogP contribution in [0.25, 0.3) is 0 Å². The van der Waals surface area contributed by atoms with Crippen LogP contribution in [0.15, 0.2) is 24.3 Å². The molecule has 1 N–H and O–H groups in total. The predicted molar refractivity (Wildman–Crippen MR) is 75.4 cm³/mol. The van der Waals surface area contributed by atoms with Crippen LogP contribution < -0.4 is 0 Å². The van der Waals surface area contributed by atoms with Gasteiger partial charge >= 0.3 is 0 Å². The molecule has 0 aromatic rings. The first-order chi connectivity index (χ1) is 8.70. The van der Waals surface area contributed by atoms with E-state index in [-0.39, 0.29) is 5.78 Å². The summed E-state index contributed by atoms with van der Waals surface area (Å²) in [6, 6.07) is 0. The molecule has 2 atom stereocenters. The lowest BCUT2D eigenvalue weighted by molar-refractivity contribution is -0.127. The third kappa shape index (κ3) is 6.75. The number of carbonyl (C=O) groups is 1. The lowest BCUT2D eigenvalue weighted by Crippen LogP contribution is -2.19. The van der Waals surface area contributed by atoms with Crippen LogP contribution >= 0.6 is 0 Å². The fourth-order valence-corrected chi connectivity index (χ4v) is 2.18. The zero-order valence-corrected chi connectivity index (χ0v) is 11.5. The van der Waals surface area contributed by atoms with Gasteiger partial charge in [0.1, 0.15) is 6.10 Å². The van der Waals surface area contributed by atoms with Gasteiger partial charge in [-0.25, -0.2) is 0 Å². The summed E-state index contributed by atoms with van der Waals surface area (Å²) < 4.78 is 0. The SMILES string of the molecule is CC1CC/C=C/CCC(=O)C(O)CC/C=C/CC1. The van der Waals surface area contributed by atoms with E-state index >= 15 is 0 Å². The second kappa shape index (κ2) is 9.09. The Balaban J connectivity index is 2.45. The minimum absolute atomic E-state index is 0.0173. The summed E-state index contributed by atoms with van der Waals surface area (Å²) in [6.07, 6.45) is 15.0. The molecule has 1 rings (SSSR count). The Hall–Kier alpha value is -0.890. The van der Waals surface area contributed by atoms with Gasteiger partial charge in [0, 0.05) is 6.42 Å². The molecule has 102 valence electrons. The fraction of sp³-hybridized carbons (Fsp3) is 0.688. The van der Waals surface area contributed by atoms with Crippen molar-refractivity contribution in [2.24, 2.45) is 5.92 Å². The second-order valence-corrected chi connectivity index (χ2v) is 5.30. The van der Waals surface area contributed by atoms with E-state index in [4.69, 9.17) is 0 Å². The highest BCUT2D eigenvalue weighted by atomic mass is 16.3. The summed E-state index contributed by atoms with van der Waals surface area (Å²) >= 11 is 0. The van der Waals surface area contributed by atoms with Gasteiger partial charge < -0.3 is 5.11 Å². The topological polar surface area (TPSA) is 37.3 Å². The van der Waals surface area contributed by atoms with Gasteiger partial charge in [-0.1, -0.05) is 31.2 Å². The number of aliphatic hydroxyl groups excluding tert-OH is 1. The molecular weight excluding hydrogens is 224 g/mol. The van der Waals surface area contributed by atoms with Crippen molar-refractivity contribution in [1.82, 2.24) is 0 Å². The van der Waals surface area contributed by atoms with E-state index < -0.39 is 6.10 Å². The molecule has 0 saturated heterocycles. The van der Waals surface area contributed by atoms with Crippen molar-refractivity contribution in [1.29, 1.82) is 0 Å². The summed E-state index contributed by atoms with van der Waals surface area (Å²) in [6.45, 7) is 2.30. The first-order valence-electron chi connectivity index (χ1n) is 7.21. The van der Waals surface area contributed by atoms with Gasteiger partial charge in [0.05, 0.1) is 0 Å². The van der Waals surface area contributed by atoms with Crippen molar-refractivity contribution in [2.75, 3.05) is 0 Å². The van der Waals surface area contributed by atoms with E-state index in [0.29, 0.717) is 12.8 Å². The molecule has 2 heteroatoms. The van der Waals surface area contributed by atoms with E-state index in [0.717, 1.165) is 31.6 Å². The number of Topliss-reactive ketones (excluding diaryl/α,β-unsaturated/α-hetero) is 1. The molecule has 0 heterocycles. The Morgan fingerprint density at radius 1 is 0.944 bits per heavy atom. The molecule has 0 bridgehead atoms. The zero-order valence-electron chi connectivity index (χ0n) is 11.5. The van der Waals surface area contributed by atoms with E-state index in [1.165, 1.54) is 12.8 Å². The molecule has 0 fully saturated rings. The summed E-state index contributed by atoms with van der Waals surface area (Å²) in [5.41, 5.74) is 0. The number of carbonyl (C=O) groups excluding carboxylic acids is 1. The largest absolute Gasteiger partial charge is 0.385 e. The molecule has 1 aliphatic carbocycles. The summed E-state index contributed by atoms with van der Waals surface area (Å²) in [5.74, 6) is 0.743. The maximum Gasteiger partial charge on any atom is 0.161 e. The third-order valence-corrected chi connectivity index (χ3v) is 3.52. The van der Waals surface area contributed by atoms with Crippen molar-refractivity contribution in [2.45, 2.75) is 64.4 Å². The van der Waals surface area contributed by atoms with Gasteiger partial charge in [-0.05, 0) is 50.9 Å². The molecule has 0 aromatic carbocycles. The van der Waals surface area contributed by atoms with Gasteiger partial charge in [0.15, 0.2) is 5.78 Å². The Morgan fingerprint density at radius 3 is 2.06 bits per heavy atom. The summed E-state index contributed by atoms with van der Waals surface area (Å²) in [7, 11) is 0. The minimum atomic E-state index is -0.771. The van der Waals surface area contributed by atoms with Crippen molar-refractivity contribution in [3.8, 4) is 0 Å². The molecule has 18 heavy (non-hydrogen) atoms. The molecular formula is C16H26O2. The van der Waals surface area contributed by atoms with Crippen LogP contribution in [0.1, 0.15) is 58.3 Å². The van der Waals surface area contributed by atoms with Crippen LogP contribution in [0.2, 0.25) is 0 Å². The van der Waals surface area contributed by atoms with Crippen LogP contribution in [-0.4, -0.2) is 17.0 Å². The Bertz CT molecular complexity index is 291. The van der Waals surface area contributed by atoms with E-state index in [9.17, 15) is 9.90 Å². The molecule has 0 aliphatic heterocycles. The fourth-order valence-electron chi connectivity index (χ4n) is 2.18. The van der Waals surface area contributed by atoms with Gasteiger partial charge in [-0.3, -0.25) is 4.79 Å². The van der Waals surface area contributed by atoms with Crippen LogP contribution in [-0.2, 0) is 4.79 Å². The average molecular weight is 250 g/mol. The highest BCUT2D eigenvalue weighted by Gasteiger charge is 2.12. The molecule has 0 aromatic heterocycles. The van der Waals surface area contributed by atoms with Crippen molar-refractivity contribution in [3.05, 3.63) is 24.3 Å². The number of rotatable bonds is 0. The molecule has 1 aliphatic rings. The van der Waals surface area contributed by atoms with Crippen molar-refractivity contribution >= 4 is 5.78 Å². The maximum atomic E-state index is 11.6. The molecule has 2 unspecified atom stereocenters. The molecule has 0 amide bonds. The standard InChI is InChI=1S/C16H26O2/c1-14-10-6-2-4-8-12-15(17)16(18)13-9-5-3-7-11-14/h2-5,14-15,17H,6-13H2,1H3/b4-2+,5-3+. The van der Waals surface area contributed by atoms with Crippen LogP contribution in [0.4, 0.5) is 0 Å². The molecule has 0 radical (unpaired) electrons. The van der Waals surface area contributed by atoms with E-state index in [1.54, 1.807) is 0 Å². The zero-order chi connectivity index (χ0) is 13.2. The van der Waals surface area contributed by atoms with E-state index in [2.05, 4.69) is 31.2 Å². The van der Waals surface area contributed by atoms with E-state index in [1.807, 2.05) is 0 Å². The first kappa shape index (κ1) is 15.2. The van der Waals surface area contributed by atoms with Gasteiger partial charge in [-0.15, -0.1) is 0 Å². The Morgan fingerprint density at radius 2 is 1.44 bits per heavy atom. The average Bonchev–Trinajstić information content (AvgIpc) is 2.36. The lowest BCUT2D eigenvalue weighted by Gasteiger charge is -2.07. The number of allylic oxidation sites excluding steroid dienone is 4. The molecule has 2 nitrogen and oxygen atoms in total. The highest BCUT2D eigenvalue weighted by Crippen LogP contribution is 2.14. The molecule has 0 saturated carbocycles. The smallest absolute Gasteiger partial charge is 0.161 e. The number of ketones is 1. The highest BCUT2D eigenvalue weighted by molar-refractivity contribution is 5.82. The van der Waals surface area contributed by atoms with Crippen LogP contribution in [0.5, 0.6) is 0 Å². The Labute approximate surface area is 111 Å². The number of aliphatic hydroxyl groups is 1. The minimum Gasteiger partial charge on any atom is -0.385 e. The predicted octanol–water partition coefficient (Wildman–Crippen LogP) is 3.80. The van der Waals surface area contributed by atoms with Gasteiger partial charge in [0.25, 0.3) is 0 Å². The molecule has 0 spiro atoms. The van der Waals surface area contributed by atoms with Crippen LogP contribution in [0, 0.1) is 5.92 Å². The lowest BCUT2D eigenvalue weighted by atomic mass is 9.99. The number of hydrogen-bond donors (Lipinski definition) is 1. The summed E-state index contributed by atoms with van der Waals surface area (Å²) in [5, 5.41) is 9.68. The number of hydrogen-bond acceptors (Lipinski definition) is 2. The van der Waals surface area contributed by atoms with Crippen LogP contribution in [0.3, 0.4) is 0 Å². The maximum absolute atomic E-state index is 11.6. The van der Waals surface area contributed by atoms with Gasteiger partial charge in [0.2, 0.25) is 0 Å². The normalized spacial score (nSPS) is 32.2. The monoisotopic (exact) mass is 250 g/mol. The Kier molecular flexibility index (Phi) is 7.66. The summed E-state index contributed by atoms with van der Waals surface area (Å²) in [4.78, 5) is 11.6. The van der Waals surface area contributed by atoms with Gasteiger partial charge in [-0.2, -0.15) is 0 Å². The van der Waals surface area contributed by atoms with Crippen molar-refractivity contribution in [3.63, 3.8) is 0 Å². The second-order valence-electron chi connectivity index (χ2n) is 5.30. The van der Waals surface area contributed by atoms with Crippen molar-refractivity contribution < 1.29 is 9.90 Å². The quantitative estimate of drug-likeness (QED) is 0.664.